The summed E-state index contributed by atoms with van der Waals surface area (Å²) in [6, 6.07) is 5.62. The quantitative estimate of drug-likeness (QED) is 0.908. The van der Waals surface area contributed by atoms with Gasteiger partial charge in [0.2, 0.25) is 0 Å². The van der Waals surface area contributed by atoms with Gasteiger partial charge < -0.3 is 9.84 Å². The van der Waals surface area contributed by atoms with Gasteiger partial charge in [-0.1, -0.05) is 26.8 Å². The van der Waals surface area contributed by atoms with Gasteiger partial charge in [-0.15, -0.1) is 0 Å². The summed E-state index contributed by atoms with van der Waals surface area (Å²) in [4.78, 5) is 2.49. The molecule has 0 spiro atoms. The van der Waals surface area contributed by atoms with E-state index in [1.165, 1.54) is 12.0 Å². The number of aromatic hydroxyl groups is 1. The summed E-state index contributed by atoms with van der Waals surface area (Å²) in [5.74, 6) is 1.54. The summed E-state index contributed by atoms with van der Waals surface area (Å²) in [5, 5.41) is 9.61. The molecule has 2 rings (SSSR count). The van der Waals surface area contributed by atoms with Gasteiger partial charge in [0.25, 0.3) is 0 Å². The van der Waals surface area contributed by atoms with Crippen LogP contribution in [0.25, 0.3) is 0 Å². The van der Waals surface area contributed by atoms with Gasteiger partial charge in [-0.3, -0.25) is 4.90 Å². The Balaban J connectivity index is 1.99. The molecule has 0 aliphatic carbocycles. The first kappa shape index (κ1) is 14.2. The van der Waals surface area contributed by atoms with Crippen molar-refractivity contribution in [3.05, 3.63) is 23.8 Å². The van der Waals surface area contributed by atoms with Gasteiger partial charge >= 0.3 is 0 Å². The number of rotatable bonds is 3. The topological polar surface area (TPSA) is 32.7 Å². The number of phenols is 1. The number of hydrogen-bond acceptors (Lipinski definition) is 3. The van der Waals surface area contributed by atoms with Crippen LogP contribution in [0.1, 0.15) is 32.8 Å². The smallest absolute Gasteiger partial charge is 0.160 e. The van der Waals surface area contributed by atoms with Crippen LogP contribution >= 0.6 is 0 Å². The van der Waals surface area contributed by atoms with Gasteiger partial charge in [-0.25, -0.2) is 0 Å². The van der Waals surface area contributed by atoms with E-state index in [9.17, 15) is 5.11 Å². The Morgan fingerprint density at radius 1 is 1.37 bits per heavy atom. The van der Waals surface area contributed by atoms with E-state index in [0.29, 0.717) is 11.2 Å². The summed E-state index contributed by atoms with van der Waals surface area (Å²) < 4.78 is 5.16. The first-order valence-corrected chi connectivity index (χ1v) is 6.98. The highest BCUT2D eigenvalue weighted by atomic mass is 16.5. The minimum atomic E-state index is 0.209. The van der Waals surface area contributed by atoms with E-state index in [-0.39, 0.29) is 5.75 Å². The van der Waals surface area contributed by atoms with E-state index in [2.05, 4.69) is 25.7 Å². The molecule has 1 atom stereocenters. The number of likely N-dealkylation sites (tertiary alicyclic amines) is 1. The molecule has 1 heterocycles. The number of methoxy groups -OCH3 is 1. The third-order valence-corrected chi connectivity index (χ3v) is 4.15. The van der Waals surface area contributed by atoms with Crippen LogP contribution in [-0.2, 0) is 6.54 Å². The average Bonchev–Trinajstić information content (AvgIpc) is 2.80. The SMILES string of the molecule is COc1cc(CN2CCC(C(C)(C)C)C2)ccc1O. The Bertz CT molecular complexity index is 437. The molecule has 1 aromatic carbocycles. The zero-order chi connectivity index (χ0) is 14.0. The van der Waals surface area contributed by atoms with E-state index in [0.717, 1.165) is 25.6 Å². The van der Waals surface area contributed by atoms with Crippen LogP contribution < -0.4 is 4.74 Å². The van der Waals surface area contributed by atoms with Crippen molar-refractivity contribution in [2.24, 2.45) is 11.3 Å². The highest BCUT2D eigenvalue weighted by Gasteiger charge is 2.31. The fraction of sp³-hybridized carbons (Fsp3) is 0.625. The second-order valence-electron chi connectivity index (χ2n) is 6.59. The molecule has 1 N–H and O–H groups in total. The molecule has 1 saturated heterocycles. The van der Waals surface area contributed by atoms with Crippen molar-refractivity contribution in [1.29, 1.82) is 0 Å². The Morgan fingerprint density at radius 3 is 2.68 bits per heavy atom. The van der Waals surface area contributed by atoms with Crippen molar-refractivity contribution in [2.45, 2.75) is 33.7 Å². The van der Waals surface area contributed by atoms with Crippen molar-refractivity contribution < 1.29 is 9.84 Å². The lowest BCUT2D eigenvalue weighted by atomic mass is 9.80. The van der Waals surface area contributed by atoms with Gasteiger partial charge in [0.05, 0.1) is 7.11 Å². The molecule has 1 fully saturated rings. The third kappa shape index (κ3) is 3.41. The van der Waals surface area contributed by atoms with E-state index in [4.69, 9.17) is 4.74 Å². The molecule has 3 heteroatoms. The van der Waals surface area contributed by atoms with Gasteiger partial charge in [0.15, 0.2) is 11.5 Å². The third-order valence-electron chi connectivity index (χ3n) is 4.15. The van der Waals surface area contributed by atoms with Crippen molar-refractivity contribution in [3.63, 3.8) is 0 Å². The summed E-state index contributed by atoms with van der Waals surface area (Å²) in [5.41, 5.74) is 1.59. The van der Waals surface area contributed by atoms with Crippen LogP contribution in [0.15, 0.2) is 18.2 Å². The normalized spacial score (nSPS) is 20.7. The number of ether oxygens (including phenoxy) is 1. The first-order chi connectivity index (χ1) is 8.90. The minimum Gasteiger partial charge on any atom is -0.504 e. The molecule has 0 amide bonds. The Labute approximate surface area is 116 Å². The predicted octanol–water partition coefficient (Wildman–Crippen LogP) is 3.27. The summed E-state index contributed by atoms with van der Waals surface area (Å²) in [6.07, 6.45) is 1.28. The predicted molar refractivity (Wildman–Crippen MR) is 77.5 cm³/mol. The molecular weight excluding hydrogens is 238 g/mol. The molecular formula is C16H25NO2. The molecule has 1 aliphatic rings. The van der Waals surface area contributed by atoms with Crippen LogP contribution in [0.4, 0.5) is 0 Å². The van der Waals surface area contributed by atoms with Gasteiger partial charge in [-0.05, 0) is 42.0 Å². The highest BCUT2D eigenvalue weighted by Crippen LogP contribution is 2.34. The second-order valence-corrected chi connectivity index (χ2v) is 6.59. The maximum Gasteiger partial charge on any atom is 0.160 e. The molecule has 1 aromatic rings. The molecule has 1 unspecified atom stereocenters. The molecule has 1 aliphatic heterocycles. The Hall–Kier alpha value is -1.22. The molecule has 0 aromatic heterocycles. The lowest BCUT2D eigenvalue weighted by Crippen LogP contribution is -2.25. The first-order valence-electron chi connectivity index (χ1n) is 6.98. The maximum atomic E-state index is 9.61. The molecule has 0 radical (unpaired) electrons. The fourth-order valence-corrected chi connectivity index (χ4v) is 2.76. The van der Waals surface area contributed by atoms with Crippen LogP contribution in [0, 0.1) is 11.3 Å². The number of hydrogen-bond donors (Lipinski definition) is 1. The van der Waals surface area contributed by atoms with E-state index >= 15 is 0 Å². The molecule has 0 saturated carbocycles. The van der Waals surface area contributed by atoms with Crippen molar-refractivity contribution in [2.75, 3.05) is 20.2 Å². The van der Waals surface area contributed by atoms with Crippen LogP contribution in [0.5, 0.6) is 11.5 Å². The van der Waals surface area contributed by atoms with Crippen LogP contribution in [0.2, 0.25) is 0 Å². The second kappa shape index (κ2) is 5.41. The van der Waals surface area contributed by atoms with Gasteiger partial charge in [0, 0.05) is 13.1 Å². The monoisotopic (exact) mass is 263 g/mol. The molecule has 3 nitrogen and oxygen atoms in total. The van der Waals surface area contributed by atoms with Gasteiger partial charge in [-0.2, -0.15) is 0 Å². The van der Waals surface area contributed by atoms with Crippen molar-refractivity contribution in [3.8, 4) is 11.5 Å². The van der Waals surface area contributed by atoms with Crippen LogP contribution in [0.3, 0.4) is 0 Å². The standard InChI is InChI=1S/C16H25NO2/c1-16(2,3)13-7-8-17(11-13)10-12-5-6-14(18)15(9-12)19-4/h5-6,9,13,18H,7-8,10-11H2,1-4H3. The van der Waals surface area contributed by atoms with Crippen molar-refractivity contribution in [1.82, 2.24) is 4.90 Å². The molecule has 19 heavy (non-hydrogen) atoms. The largest absolute Gasteiger partial charge is 0.504 e. The number of benzene rings is 1. The van der Waals surface area contributed by atoms with Crippen molar-refractivity contribution >= 4 is 0 Å². The number of nitrogens with zero attached hydrogens (tertiary/aromatic N) is 1. The molecule has 106 valence electrons. The number of phenolic OH excluding ortho intramolecular Hbond substituents is 1. The van der Waals surface area contributed by atoms with E-state index in [1.807, 2.05) is 12.1 Å². The zero-order valence-electron chi connectivity index (χ0n) is 12.4. The lowest BCUT2D eigenvalue weighted by Gasteiger charge is -2.27. The summed E-state index contributed by atoms with van der Waals surface area (Å²) in [6.45, 7) is 10.2. The molecule has 0 bridgehead atoms. The lowest BCUT2D eigenvalue weighted by molar-refractivity contribution is 0.226. The average molecular weight is 263 g/mol. The minimum absolute atomic E-state index is 0.209. The highest BCUT2D eigenvalue weighted by molar-refractivity contribution is 5.41. The van der Waals surface area contributed by atoms with E-state index in [1.54, 1.807) is 13.2 Å². The maximum absolute atomic E-state index is 9.61. The zero-order valence-corrected chi connectivity index (χ0v) is 12.4. The summed E-state index contributed by atoms with van der Waals surface area (Å²) in [7, 11) is 1.59. The fourth-order valence-electron chi connectivity index (χ4n) is 2.76. The Kier molecular flexibility index (Phi) is 4.04. The Morgan fingerprint density at radius 2 is 2.11 bits per heavy atom. The van der Waals surface area contributed by atoms with E-state index < -0.39 is 0 Å². The summed E-state index contributed by atoms with van der Waals surface area (Å²) >= 11 is 0. The van der Waals surface area contributed by atoms with Crippen LogP contribution in [-0.4, -0.2) is 30.2 Å². The van der Waals surface area contributed by atoms with Gasteiger partial charge in [0.1, 0.15) is 0 Å².